The molecule has 0 saturated carbocycles. The van der Waals surface area contributed by atoms with Crippen LogP contribution in [0, 0.1) is 16.0 Å². The van der Waals surface area contributed by atoms with Gasteiger partial charge in [0, 0.05) is 23.2 Å². The highest BCUT2D eigenvalue weighted by Crippen LogP contribution is 2.35. The van der Waals surface area contributed by atoms with Crippen LogP contribution in [0.1, 0.15) is 62.5 Å². The van der Waals surface area contributed by atoms with E-state index in [1.54, 1.807) is 6.07 Å². The van der Waals surface area contributed by atoms with Gasteiger partial charge in [0.1, 0.15) is 11.1 Å². The number of fused-ring (bicyclic) bond motifs is 2. The molecule has 0 aliphatic heterocycles. The van der Waals surface area contributed by atoms with Gasteiger partial charge in [-0.3, -0.25) is 29.8 Å². The number of nitrogens with zero attached hydrogens (tertiary/aromatic N) is 1. The van der Waals surface area contributed by atoms with Crippen molar-refractivity contribution >= 4 is 35.2 Å². The molecule has 11 nitrogen and oxygen atoms in total. The number of esters is 1. The second-order valence-electron chi connectivity index (χ2n) is 7.91. The molecule has 2 aromatic rings. The first-order valence-electron chi connectivity index (χ1n) is 10.4. The van der Waals surface area contributed by atoms with E-state index in [1.807, 2.05) is 19.2 Å². The first kappa shape index (κ1) is 24.2. The lowest BCUT2D eigenvalue weighted by Gasteiger charge is -2.18. The fourth-order valence-electron chi connectivity index (χ4n) is 3.41. The summed E-state index contributed by atoms with van der Waals surface area (Å²) < 4.78 is 4.82. The zero-order chi connectivity index (χ0) is 25.0. The summed E-state index contributed by atoms with van der Waals surface area (Å²) in [5, 5.41) is 16.2. The van der Waals surface area contributed by atoms with Crippen LogP contribution in [0.25, 0.3) is 0 Å². The third-order valence-electron chi connectivity index (χ3n) is 5.06. The van der Waals surface area contributed by atoms with Crippen molar-refractivity contribution in [3.8, 4) is 0 Å². The maximum absolute atomic E-state index is 13.0. The minimum Gasteiger partial charge on any atom is -0.452 e. The second-order valence-corrected chi connectivity index (χ2v) is 7.91. The lowest BCUT2D eigenvalue weighted by atomic mass is 9.82. The van der Waals surface area contributed by atoms with Gasteiger partial charge in [0.05, 0.1) is 4.92 Å². The molecule has 11 heteroatoms. The monoisotopic (exact) mass is 467 g/mol. The zero-order valence-electron chi connectivity index (χ0n) is 18.4. The Balaban J connectivity index is 1.78. The molecule has 1 aliphatic carbocycles. The molecule has 0 aromatic heterocycles. The fraction of sp³-hybridized carbons (Fsp3) is 0.261. The van der Waals surface area contributed by atoms with Gasteiger partial charge in [-0.1, -0.05) is 38.1 Å². The van der Waals surface area contributed by atoms with E-state index in [2.05, 4.69) is 5.32 Å². The summed E-state index contributed by atoms with van der Waals surface area (Å²) in [4.78, 5) is 72.6. The van der Waals surface area contributed by atoms with Crippen LogP contribution in [-0.4, -0.2) is 47.5 Å². The van der Waals surface area contributed by atoms with Crippen molar-refractivity contribution in [2.75, 3.05) is 13.2 Å². The molecule has 176 valence electrons. The number of nitro groups is 1. The maximum atomic E-state index is 13.0. The number of imide groups is 1. The minimum absolute atomic E-state index is 0.0172. The number of ether oxygens (including phenoxy) is 1. The van der Waals surface area contributed by atoms with Crippen molar-refractivity contribution in [2.24, 2.45) is 5.92 Å². The number of rotatable bonds is 7. The van der Waals surface area contributed by atoms with Crippen molar-refractivity contribution in [2.45, 2.75) is 20.3 Å². The molecule has 2 N–H and O–H groups in total. The van der Waals surface area contributed by atoms with E-state index >= 15 is 0 Å². The summed E-state index contributed by atoms with van der Waals surface area (Å²) in [6, 6.07) is 7.23. The normalized spacial score (nSPS) is 12.0. The number of amides is 3. The standard InChI is InChI=1S/C23H21N3O8/c1-12(2)9-10-24-23(31)25-17(27)11-34-22(30)16-8-7-15-18(19(16)26(32)33)21(29)14-6-4-3-5-13(14)20(15)28/h3-8,12H,9-11H2,1-2H3,(H2,24,25,27,31). The van der Waals surface area contributed by atoms with Gasteiger partial charge in [-0.25, -0.2) is 9.59 Å². The van der Waals surface area contributed by atoms with Crippen LogP contribution in [0.4, 0.5) is 10.5 Å². The summed E-state index contributed by atoms with van der Waals surface area (Å²) in [5.74, 6) is -3.22. The van der Waals surface area contributed by atoms with Crippen LogP contribution in [0.2, 0.25) is 0 Å². The highest BCUT2D eigenvalue weighted by molar-refractivity contribution is 6.30. The molecule has 0 fully saturated rings. The van der Waals surface area contributed by atoms with Crippen LogP contribution in [0.3, 0.4) is 0 Å². The molecule has 0 saturated heterocycles. The van der Waals surface area contributed by atoms with Gasteiger partial charge in [0.15, 0.2) is 12.4 Å². The lowest BCUT2D eigenvalue weighted by Crippen LogP contribution is -2.42. The molecule has 2 aromatic carbocycles. The summed E-state index contributed by atoms with van der Waals surface area (Å²) in [5.41, 5.74) is -2.12. The Bertz CT molecular complexity index is 1220. The van der Waals surface area contributed by atoms with E-state index in [4.69, 9.17) is 4.74 Å². The molecule has 1 aliphatic rings. The molecule has 3 rings (SSSR count). The van der Waals surface area contributed by atoms with Gasteiger partial charge in [-0.2, -0.15) is 0 Å². The molecule has 0 spiro atoms. The summed E-state index contributed by atoms with van der Waals surface area (Å²) in [7, 11) is 0. The number of hydrogen-bond acceptors (Lipinski definition) is 8. The minimum atomic E-state index is -1.26. The lowest BCUT2D eigenvalue weighted by molar-refractivity contribution is -0.385. The van der Waals surface area contributed by atoms with Gasteiger partial charge in [-0.05, 0) is 24.5 Å². The van der Waals surface area contributed by atoms with Gasteiger partial charge in [0.25, 0.3) is 11.6 Å². The Morgan fingerprint density at radius 1 is 1.00 bits per heavy atom. The van der Waals surface area contributed by atoms with Crippen molar-refractivity contribution in [1.82, 2.24) is 10.6 Å². The molecule has 0 atom stereocenters. The quantitative estimate of drug-likeness (QED) is 0.304. The number of carbonyl (C=O) groups is 5. The Labute approximate surface area is 193 Å². The van der Waals surface area contributed by atoms with Crippen LogP contribution in [0.5, 0.6) is 0 Å². The fourth-order valence-corrected chi connectivity index (χ4v) is 3.41. The van der Waals surface area contributed by atoms with E-state index in [0.29, 0.717) is 18.9 Å². The van der Waals surface area contributed by atoms with E-state index < -0.39 is 57.8 Å². The Hall–Kier alpha value is -4.41. The molecule has 0 unspecified atom stereocenters. The van der Waals surface area contributed by atoms with Crippen molar-refractivity contribution < 1.29 is 33.6 Å². The van der Waals surface area contributed by atoms with Crippen LogP contribution >= 0.6 is 0 Å². The maximum Gasteiger partial charge on any atom is 0.345 e. The Morgan fingerprint density at radius 2 is 1.65 bits per heavy atom. The largest absolute Gasteiger partial charge is 0.452 e. The molecular weight excluding hydrogens is 446 g/mol. The summed E-state index contributed by atoms with van der Waals surface area (Å²) >= 11 is 0. The van der Waals surface area contributed by atoms with Crippen molar-refractivity contribution in [3.05, 3.63) is 74.3 Å². The van der Waals surface area contributed by atoms with Gasteiger partial charge in [-0.15, -0.1) is 0 Å². The van der Waals surface area contributed by atoms with Crippen LogP contribution in [-0.2, 0) is 9.53 Å². The number of benzene rings is 2. The highest BCUT2D eigenvalue weighted by atomic mass is 16.6. The van der Waals surface area contributed by atoms with E-state index in [-0.39, 0.29) is 16.7 Å². The first-order valence-corrected chi connectivity index (χ1v) is 10.4. The SMILES string of the molecule is CC(C)CCNC(=O)NC(=O)COC(=O)c1ccc2c(c1[N+](=O)[O-])C(=O)c1ccccc1C2=O. The molecular formula is C23H21N3O8. The molecule has 3 amide bonds. The van der Waals surface area contributed by atoms with E-state index in [0.717, 1.165) is 12.1 Å². The Morgan fingerprint density at radius 3 is 2.26 bits per heavy atom. The average Bonchev–Trinajstić information content (AvgIpc) is 2.79. The predicted octanol–water partition coefficient (Wildman–Crippen LogP) is 2.40. The predicted molar refractivity (Wildman–Crippen MR) is 118 cm³/mol. The van der Waals surface area contributed by atoms with Gasteiger partial charge >= 0.3 is 12.0 Å². The van der Waals surface area contributed by atoms with E-state index in [9.17, 15) is 34.1 Å². The topological polar surface area (TPSA) is 162 Å². The molecule has 34 heavy (non-hydrogen) atoms. The third-order valence-corrected chi connectivity index (χ3v) is 5.06. The summed E-state index contributed by atoms with van der Waals surface area (Å²) in [6.07, 6.45) is 0.699. The number of hydrogen-bond donors (Lipinski definition) is 2. The smallest absolute Gasteiger partial charge is 0.345 e. The summed E-state index contributed by atoms with van der Waals surface area (Å²) in [6.45, 7) is 3.38. The number of urea groups is 1. The average molecular weight is 467 g/mol. The zero-order valence-corrected chi connectivity index (χ0v) is 18.4. The third kappa shape index (κ3) is 4.98. The van der Waals surface area contributed by atoms with Gasteiger partial charge < -0.3 is 10.1 Å². The Kier molecular flexibility index (Phi) is 7.15. The number of nitro benzene ring substituents is 1. The number of nitrogens with one attached hydrogen (secondary N) is 2. The number of ketones is 2. The van der Waals surface area contributed by atoms with Crippen molar-refractivity contribution in [3.63, 3.8) is 0 Å². The highest BCUT2D eigenvalue weighted by Gasteiger charge is 2.39. The van der Waals surface area contributed by atoms with E-state index in [1.165, 1.54) is 18.2 Å². The number of carbonyl (C=O) groups excluding carboxylic acids is 5. The molecule has 0 heterocycles. The first-order chi connectivity index (χ1) is 16.1. The second kappa shape index (κ2) is 10.0. The van der Waals surface area contributed by atoms with Crippen molar-refractivity contribution in [1.29, 1.82) is 0 Å². The molecule has 0 radical (unpaired) electrons. The van der Waals surface area contributed by atoms with Gasteiger partial charge in [0.2, 0.25) is 5.78 Å². The van der Waals surface area contributed by atoms with Crippen LogP contribution < -0.4 is 10.6 Å². The molecule has 0 bridgehead atoms. The van der Waals surface area contributed by atoms with Crippen LogP contribution in [0.15, 0.2) is 36.4 Å².